The van der Waals surface area contributed by atoms with Crippen LogP contribution in [0.15, 0.2) is 24.3 Å². The van der Waals surface area contributed by atoms with Crippen LogP contribution in [0.25, 0.3) is 0 Å². The van der Waals surface area contributed by atoms with E-state index >= 15 is 0 Å². The molecular formula is C7H12BFO2. The Kier molecular flexibility index (Phi) is 6.84. The molecule has 0 amide bonds. The first-order valence-corrected chi connectivity index (χ1v) is 3.07. The Balaban J connectivity index is 0. The predicted molar refractivity (Wildman–Crippen MR) is 46.3 cm³/mol. The quantitative estimate of drug-likeness (QED) is 0.484. The molecule has 0 bridgehead atoms. The normalized spacial score (nSPS) is 7.45. The van der Waals surface area contributed by atoms with Crippen molar-refractivity contribution in [1.29, 1.82) is 0 Å². The fourth-order valence-electron chi connectivity index (χ4n) is 0.757. The van der Waals surface area contributed by atoms with Crippen LogP contribution >= 0.6 is 0 Å². The monoisotopic (exact) mass is 158 g/mol. The first-order chi connectivity index (χ1) is 4.33. The molecule has 0 aliphatic heterocycles. The molecule has 62 valence electrons. The molecule has 1 rings (SSSR count). The van der Waals surface area contributed by atoms with Gasteiger partial charge in [-0.2, -0.15) is 0 Å². The van der Waals surface area contributed by atoms with E-state index in [4.69, 9.17) is 0 Å². The largest absolute Gasteiger partial charge is 0.412 e. The molecule has 1 aromatic rings. The molecule has 0 fully saturated rings. The van der Waals surface area contributed by atoms with Crippen LogP contribution in [0.1, 0.15) is 0 Å². The maximum Gasteiger partial charge on any atom is 0.154 e. The van der Waals surface area contributed by atoms with E-state index < -0.39 is 0 Å². The highest BCUT2D eigenvalue weighted by Crippen LogP contribution is 1.90. The third kappa shape index (κ3) is 3.75. The van der Waals surface area contributed by atoms with Crippen LogP contribution in [0.4, 0.5) is 4.39 Å². The summed E-state index contributed by atoms with van der Waals surface area (Å²) in [5.74, 6) is -0.144. The first-order valence-electron chi connectivity index (χ1n) is 3.07. The summed E-state index contributed by atoms with van der Waals surface area (Å²) in [5.41, 5.74) is 1.05. The minimum Gasteiger partial charge on any atom is -0.412 e. The van der Waals surface area contributed by atoms with Crippen molar-refractivity contribution in [3.63, 3.8) is 0 Å². The molecule has 0 atom stereocenters. The smallest absolute Gasteiger partial charge is 0.154 e. The summed E-state index contributed by atoms with van der Waals surface area (Å²) >= 11 is 0. The minimum atomic E-state index is -0.144. The standard InChI is InChI=1S/C7H8BF.2H2O/c1-8-6-3-2-4-7(9)5-6;;/h2-5,8H,1H3;2*1H2. The third-order valence-corrected chi connectivity index (χ3v) is 1.30. The summed E-state index contributed by atoms with van der Waals surface area (Å²) in [4.78, 5) is 0. The highest BCUT2D eigenvalue weighted by atomic mass is 19.1. The zero-order valence-corrected chi connectivity index (χ0v) is 6.39. The van der Waals surface area contributed by atoms with Gasteiger partial charge in [-0.1, -0.05) is 24.4 Å². The van der Waals surface area contributed by atoms with Crippen LogP contribution in [0.5, 0.6) is 0 Å². The molecule has 2 nitrogen and oxygen atoms in total. The van der Waals surface area contributed by atoms with Crippen LogP contribution in [0.2, 0.25) is 6.82 Å². The molecule has 0 radical (unpaired) electrons. The van der Waals surface area contributed by atoms with E-state index in [2.05, 4.69) is 0 Å². The lowest BCUT2D eigenvalue weighted by Crippen LogP contribution is -2.09. The molecule has 4 heteroatoms. The van der Waals surface area contributed by atoms with E-state index in [1.54, 1.807) is 12.1 Å². The van der Waals surface area contributed by atoms with E-state index in [1.807, 2.05) is 12.9 Å². The highest BCUT2D eigenvalue weighted by molar-refractivity contribution is 6.51. The molecule has 11 heavy (non-hydrogen) atoms. The number of hydrogen-bond acceptors (Lipinski definition) is 0. The van der Waals surface area contributed by atoms with Gasteiger partial charge < -0.3 is 11.0 Å². The summed E-state index contributed by atoms with van der Waals surface area (Å²) < 4.78 is 12.4. The van der Waals surface area contributed by atoms with E-state index in [-0.39, 0.29) is 16.8 Å². The SMILES string of the molecule is CBc1cccc(F)c1.O.O. The third-order valence-electron chi connectivity index (χ3n) is 1.30. The Labute approximate surface area is 65.9 Å². The van der Waals surface area contributed by atoms with Gasteiger partial charge in [0.25, 0.3) is 0 Å². The summed E-state index contributed by atoms with van der Waals surface area (Å²) in [5, 5.41) is 0. The first kappa shape index (κ1) is 12.8. The number of halogens is 1. The summed E-state index contributed by atoms with van der Waals surface area (Å²) in [6, 6.07) is 6.66. The second-order valence-corrected chi connectivity index (χ2v) is 1.98. The zero-order valence-electron chi connectivity index (χ0n) is 6.39. The number of benzene rings is 1. The van der Waals surface area contributed by atoms with Crippen molar-refractivity contribution >= 4 is 12.7 Å². The molecule has 0 spiro atoms. The maximum absolute atomic E-state index is 12.4. The van der Waals surface area contributed by atoms with Gasteiger partial charge in [-0.05, 0) is 12.1 Å². The van der Waals surface area contributed by atoms with E-state index in [0.717, 1.165) is 12.7 Å². The molecule has 0 saturated carbocycles. The van der Waals surface area contributed by atoms with Gasteiger partial charge in [-0.3, -0.25) is 0 Å². The molecule has 1 aromatic carbocycles. The van der Waals surface area contributed by atoms with E-state index in [1.165, 1.54) is 6.07 Å². The van der Waals surface area contributed by atoms with E-state index in [9.17, 15) is 4.39 Å². The topological polar surface area (TPSA) is 63.0 Å². The van der Waals surface area contributed by atoms with Crippen molar-refractivity contribution in [3.8, 4) is 0 Å². The molecule has 4 N–H and O–H groups in total. The van der Waals surface area contributed by atoms with Crippen molar-refractivity contribution in [2.75, 3.05) is 0 Å². The highest BCUT2D eigenvalue weighted by Gasteiger charge is 1.90. The lowest BCUT2D eigenvalue weighted by Gasteiger charge is -1.91. The van der Waals surface area contributed by atoms with Gasteiger partial charge in [0, 0.05) is 0 Å². The fraction of sp³-hybridized carbons (Fsp3) is 0.143. The molecule has 0 aromatic heterocycles. The fourth-order valence-corrected chi connectivity index (χ4v) is 0.757. The second-order valence-electron chi connectivity index (χ2n) is 1.98. The van der Waals surface area contributed by atoms with Crippen molar-refractivity contribution in [3.05, 3.63) is 30.1 Å². The summed E-state index contributed by atoms with van der Waals surface area (Å²) in [7, 11) is 0.901. The zero-order chi connectivity index (χ0) is 6.69. The van der Waals surface area contributed by atoms with Crippen LogP contribution in [0, 0.1) is 5.82 Å². The van der Waals surface area contributed by atoms with Crippen molar-refractivity contribution < 1.29 is 15.3 Å². The van der Waals surface area contributed by atoms with Crippen LogP contribution in [-0.2, 0) is 0 Å². The van der Waals surface area contributed by atoms with Gasteiger partial charge in [-0.15, -0.1) is 0 Å². The summed E-state index contributed by atoms with van der Waals surface area (Å²) in [6.45, 7) is 2.01. The van der Waals surface area contributed by atoms with Gasteiger partial charge in [-0.25, -0.2) is 4.39 Å². The molecular weight excluding hydrogens is 146 g/mol. The summed E-state index contributed by atoms with van der Waals surface area (Å²) in [6.07, 6.45) is 0. The average molecular weight is 158 g/mol. The van der Waals surface area contributed by atoms with Crippen molar-refractivity contribution in [2.45, 2.75) is 6.82 Å². The van der Waals surface area contributed by atoms with Crippen molar-refractivity contribution in [1.82, 2.24) is 0 Å². The molecule has 0 unspecified atom stereocenters. The number of hydrogen-bond donors (Lipinski definition) is 0. The van der Waals surface area contributed by atoms with Gasteiger partial charge in [0.1, 0.15) is 5.82 Å². The Hall–Kier alpha value is -0.865. The Bertz CT molecular complexity index is 205. The van der Waals surface area contributed by atoms with E-state index in [0.29, 0.717) is 0 Å². The lowest BCUT2D eigenvalue weighted by molar-refractivity contribution is 0.629. The predicted octanol–water partition coefficient (Wildman–Crippen LogP) is -0.714. The molecule has 0 aliphatic carbocycles. The Morgan fingerprint density at radius 3 is 2.27 bits per heavy atom. The van der Waals surface area contributed by atoms with Gasteiger partial charge in [0.2, 0.25) is 0 Å². The molecule has 0 aliphatic rings. The Morgan fingerprint density at radius 1 is 1.27 bits per heavy atom. The number of rotatable bonds is 1. The minimum absolute atomic E-state index is 0. The molecule has 0 saturated heterocycles. The molecule has 0 heterocycles. The van der Waals surface area contributed by atoms with Gasteiger partial charge >= 0.3 is 0 Å². The second kappa shape index (κ2) is 5.89. The average Bonchev–Trinajstić information content (AvgIpc) is 1.88. The van der Waals surface area contributed by atoms with Crippen LogP contribution < -0.4 is 5.46 Å². The van der Waals surface area contributed by atoms with Gasteiger partial charge in [0.15, 0.2) is 7.28 Å². The van der Waals surface area contributed by atoms with Crippen LogP contribution in [-0.4, -0.2) is 18.2 Å². The van der Waals surface area contributed by atoms with Gasteiger partial charge in [0.05, 0.1) is 0 Å². The van der Waals surface area contributed by atoms with Crippen molar-refractivity contribution in [2.24, 2.45) is 0 Å². The maximum atomic E-state index is 12.4. The lowest BCUT2D eigenvalue weighted by atomic mass is 9.73. The van der Waals surface area contributed by atoms with Crippen LogP contribution in [0.3, 0.4) is 0 Å². The Morgan fingerprint density at radius 2 is 1.91 bits per heavy atom.